The number of ether oxygens (including phenoxy) is 1. The minimum atomic E-state index is -0.332. The van der Waals surface area contributed by atoms with Crippen LogP contribution in [0.2, 0.25) is 5.02 Å². The Hall–Kier alpha value is -3.32. The molecule has 1 aliphatic rings. The number of nitrogens with one attached hydrogen (secondary N) is 1. The third kappa shape index (κ3) is 5.23. The number of rotatable bonds is 7. The molecule has 1 N–H and O–H groups in total. The second kappa shape index (κ2) is 11.0. The molecule has 0 saturated heterocycles. The van der Waals surface area contributed by atoms with Crippen molar-refractivity contribution in [2.75, 3.05) is 17.7 Å². The Kier molecular flexibility index (Phi) is 7.51. The summed E-state index contributed by atoms with van der Waals surface area (Å²) < 4.78 is 7.14. The van der Waals surface area contributed by atoms with E-state index in [0.717, 1.165) is 31.2 Å². The van der Waals surface area contributed by atoms with Crippen molar-refractivity contribution in [3.05, 3.63) is 73.8 Å². The molecule has 0 fully saturated rings. The predicted octanol–water partition coefficient (Wildman–Crippen LogP) is 5.98. The number of thiophene rings is 1. The zero-order chi connectivity index (χ0) is 25.9. The summed E-state index contributed by atoms with van der Waals surface area (Å²) in [6.07, 6.45) is 4.02. The maximum Gasteiger partial charge on any atom is 0.267 e. The number of carbonyl (C=O) groups is 1. The number of halogens is 1. The molecule has 2 aromatic heterocycles. The van der Waals surface area contributed by atoms with Gasteiger partial charge in [-0.2, -0.15) is 5.26 Å². The molecule has 188 valence electrons. The van der Waals surface area contributed by atoms with Crippen LogP contribution in [0.1, 0.15) is 35.8 Å². The van der Waals surface area contributed by atoms with Gasteiger partial charge in [0.2, 0.25) is 5.91 Å². The van der Waals surface area contributed by atoms with E-state index in [1.54, 1.807) is 34.1 Å². The maximum absolute atomic E-state index is 13.9. The molecule has 0 radical (unpaired) electrons. The van der Waals surface area contributed by atoms with E-state index in [4.69, 9.17) is 21.3 Å². The van der Waals surface area contributed by atoms with Gasteiger partial charge in [-0.05, 0) is 80.6 Å². The topological polar surface area (TPSA) is 97.0 Å². The molecule has 0 bridgehead atoms. The lowest BCUT2D eigenvalue weighted by Gasteiger charge is -2.14. The van der Waals surface area contributed by atoms with Gasteiger partial charge in [0.05, 0.1) is 34.7 Å². The lowest BCUT2D eigenvalue weighted by Crippen LogP contribution is -2.23. The summed E-state index contributed by atoms with van der Waals surface area (Å²) in [5.41, 5.74) is 2.31. The Labute approximate surface area is 227 Å². The van der Waals surface area contributed by atoms with E-state index in [9.17, 15) is 14.9 Å². The molecule has 5 rings (SSSR count). The fourth-order valence-electron chi connectivity index (χ4n) is 4.40. The van der Waals surface area contributed by atoms with Crippen LogP contribution in [-0.2, 0) is 17.6 Å². The monoisotopic (exact) mass is 550 g/mol. The number of nitrogens with zero attached hydrogens (tertiary/aromatic N) is 3. The third-order valence-electron chi connectivity index (χ3n) is 6.07. The third-order valence-corrected chi connectivity index (χ3v) is 8.43. The molecule has 7 nitrogen and oxygen atoms in total. The highest BCUT2D eigenvalue weighted by Gasteiger charge is 2.23. The van der Waals surface area contributed by atoms with Crippen molar-refractivity contribution >= 4 is 56.5 Å². The number of aromatic nitrogens is 2. The van der Waals surface area contributed by atoms with E-state index in [2.05, 4.69) is 11.4 Å². The molecule has 4 aromatic rings. The van der Waals surface area contributed by atoms with Crippen molar-refractivity contribution in [1.82, 2.24) is 9.55 Å². The molecule has 0 unspecified atom stereocenters. The molecule has 1 amide bonds. The summed E-state index contributed by atoms with van der Waals surface area (Å²) in [6, 6.07) is 14.0. The highest BCUT2D eigenvalue weighted by atomic mass is 35.5. The van der Waals surface area contributed by atoms with Gasteiger partial charge < -0.3 is 10.1 Å². The van der Waals surface area contributed by atoms with Crippen LogP contribution in [0.25, 0.3) is 15.9 Å². The average molecular weight is 551 g/mol. The molecule has 37 heavy (non-hydrogen) atoms. The fraction of sp³-hybridized carbons (Fsp3) is 0.259. The quantitative estimate of drug-likeness (QED) is 0.224. The van der Waals surface area contributed by atoms with E-state index >= 15 is 0 Å². The molecule has 2 heterocycles. The van der Waals surface area contributed by atoms with Crippen molar-refractivity contribution in [2.24, 2.45) is 0 Å². The first kappa shape index (κ1) is 25.3. The first-order valence-electron chi connectivity index (χ1n) is 11.9. The highest BCUT2D eigenvalue weighted by Crippen LogP contribution is 2.35. The van der Waals surface area contributed by atoms with Crippen LogP contribution in [0.5, 0.6) is 5.75 Å². The van der Waals surface area contributed by atoms with Crippen molar-refractivity contribution in [2.45, 2.75) is 37.8 Å². The van der Waals surface area contributed by atoms with Gasteiger partial charge in [-0.3, -0.25) is 14.2 Å². The zero-order valence-electron chi connectivity index (χ0n) is 20.0. The molecule has 0 atom stereocenters. The van der Waals surface area contributed by atoms with Crippen LogP contribution in [0, 0.1) is 11.3 Å². The number of fused-ring (bicyclic) bond motifs is 3. The van der Waals surface area contributed by atoms with Crippen LogP contribution in [0.3, 0.4) is 0 Å². The number of aryl methyl sites for hydroxylation is 2. The molecule has 1 aliphatic carbocycles. The number of thioether (sulfide) groups is 1. The Morgan fingerprint density at radius 3 is 2.78 bits per heavy atom. The predicted molar refractivity (Wildman–Crippen MR) is 149 cm³/mol. The van der Waals surface area contributed by atoms with Crippen LogP contribution in [-0.4, -0.2) is 27.8 Å². The fourth-order valence-corrected chi connectivity index (χ4v) is 6.69. The highest BCUT2D eigenvalue weighted by molar-refractivity contribution is 7.99. The number of carbonyl (C=O) groups excluding carboxylic acids is 1. The minimum Gasteiger partial charge on any atom is -0.494 e. The maximum atomic E-state index is 13.9. The van der Waals surface area contributed by atoms with Gasteiger partial charge in [0.1, 0.15) is 16.6 Å². The van der Waals surface area contributed by atoms with Gasteiger partial charge in [-0.15, -0.1) is 11.3 Å². The van der Waals surface area contributed by atoms with E-state index in [1.165, 1.54) is 16.6 Å². The molecule has 10 heteroatoms. The molecule has 0 aliphatic heterocycles. The molecular weight excluding hydrogens is 528 g/mol. The van der Waals surface area contributed by atoms with Crippen LogP contribution in [0.15, 0.2) is 52.4 Å². The van der Waals surface area contributed by atoms with Crippen molar-refractivity contribution in [3.8, 4) is 17.5 Å². The molecule has 0 spiro atoms. The van der Waals surface area contributed by atoms with Gasteiger partial charge in [-0.1, -0.05) is 23.4 Å². The molecule has 2 aromatic carbocycles. The Balaban J connectivity index is 1.51. The Bertz CT molecular complexity index is 1590. The zero-order valence-corrected chi connectivity index (χ0v) is 22.4. The normalized spacial score (nSPS) is 12.7. The summed E-state index contributed by atoms with van der Waals surface area (Å²) in [5.74, 6) is 0.378. The number of hydrogen-bond acceptors (Lipinski definition) is 7. The van der Waals surface area contributed by atoms with Crippen molar-refractivity contribution in [1.29, 1.82) is 5.26 Å². The van der Waals surface area contributed by atoms with Gasteiger partial charge in [-0.25, -0.2) is 4.98 Å². The Morgan fingerprint density at radius 1 is 1.24 bits per heavy atom. The van der Waals surface area contributed by atoms with Gasteiger partial charge in [0.25, 0.3) is 5.56 Å². The number of nitriles is 1. The first-order valence-corrected chi connectivity index (χ1v) is 14.1. The van der Waals surface area contributed by atoms with Crippen LogP contribution < -0.4 is 15.6 Å². The summed E-state index contributed by atoms with van der Waals surface area (Å²) in [5, 5.41) is 13.6. The number of amides is 1. The van der Waals surface area contributed by atoms with E-state index in [1.807, 2.05) is 31.2 Å². The van der Waals surface area contributed by atoms with E-state index in [-0.39, 0.29) is 17.2 Å². The average Bonchev–Trinajstić information content (AvgIpc) is 3.27. The smallest absolute Gasteiger partial charge is 0.267 e. The summed E-state index contributed by atoms with van der Waals surface area (Å²) in [4.78, 5) is 33.5. The first-order chi connectivity index (χ1) is 18.0. The number of benzene rings is 2. The molecule has 0 saturated carbocycles. The van der Waals surface area contributed by atoms with Gasteiger partial charge in [0, 0.05) is 9.90 Å². The van der Waals surface area contributed by atoms with Crippen LogP contribution >= 0.6 is 34.7 Å². The van der Waals surface area contributed by atoms with Crippen molar-refractivity contribution < 1.29 is 9.53 Å². The lowest BCUT2D eigenvalue weighted by atomic mass is 9.97. The van der Waals surface area contributed by atoms with Gasteiger partial charge in [0.15, 0.2) is 5.16 Å². The SMILES string of the molecule is CCOc1ccc(-n2c(SCC(=O)Nc3cc(Cl)ccc3C#N)nc3sc4c(c3c2=O)CCCC4)cc1. The summed E-state index contributed by atoms with van der Waals surface area (Å²) >= 11 is 8.79. The second-order valence-electron chi connectivity index (χ2n) is 8.49. The number of hydrogen-bond donors (Lipinski definition) is 1. The second-order valence-corrected chi connectivity index (χ2v) is 11.0. The minimum absolute atomic E-state index is 0.00253. The van der Waals surface area contributed by atoms with Gasteiger partial charge >= 0.3 is 0 Å². The Morgan fingerprint density at radius 2 is 2.03 bits per heavy atom. The standard InChI is InChI=1S/C27H23ClN4O3S2/c1-2-35-19-11-9-18(10-12-19)32-26(34)24-20-5-3-4-6-22(20)37-25(24)31-27(32)36-15-23(33)30-21-13-17(28)8-7-16(21)14-29/h7-13H,2-6,15H2,1H3,(H,30,33). The number of anilines is 1. The van der Waals surface area contributed by atoms with Crippen molar-refractivity contribution in [3.63, 3.8) is 0 Å². The van der Waals surface area contributed by atoms with Crippen LogP contribution in [0.4, 0.5) is 5.69 Å². The summed E-state index contributed by atoms with van der Waals surface area (Å²) in [7, 11) is 0. The largest absolute Gasteiger partial charge is 0.494 e. The van der Waals surface area contributed by atoms with E-state index in [0.29, 0.717) is 49.7 Å². The lowest BCUT2D eigenvalue weighted by molar-refractivity contribution is -0.113. The molecular formula is C27H23ClN4O3S2. The summed E-state index contributed by atoms with van der Waals surface area (Å²) in [6.45, 7) is 2.46. The van der Waals surface area contributed by atoms with E-state index < -0.39 is 0 Å².